The van der Waals surface area contributed by atoms with Gasteiger partial charge in [0, 0.05) is 6.61 Å². The molecule has 0 aliphatic heterocycles. The van der Waals surface area contributed by atoms with Crippen molar-refractivity contribution >= 4 is 0 Å². The topological polar surface area (TPSA) is 40.5 Å². The molecule has 4 aliphatic rings. The SMILES string of the molecule is C[C@H](CO)C1CCC2C3=CCC4C[C@@H](O)CC[C@]4(C)C3CC[C@@]21C. The fraction of sp³-hybridized carbons (Fsp3) is 0.909. The summed E-state index contributed by atoms with van der Waals surface area (Å²) in [6.45, 7) is 7.65. The van der Waals surface area contributed by atoms with Crippen LogP contribution in [0.4, 0.5) is 0 Å². The van der Waals surface area contributed by atoms with E-state index in [1.54, 1.807) is 5.57 Å². The maximum Gasteiger partial charge on any atom is 0.0543 e. The van der Waals surface area contributed by atoms with Crippen LogP contribution < -0.4 is 0 Å². The lowest BCUT2D eigenvalue weighted by Gasteiger charge is -2.57. The predicted molar refractivity (Wildman–Crippen MR) is 97.4 cm³/mol. The average Bonchev–Trinajstić information content (AvgIpc) is 2.92. The summed E-state index contributed by atoms with van der Waals surface area (Å²) in [7, 11) is 0. The van der Waals surface area contributed by atoms with Crippen LogP contribution in [-0.2, 0) is 0 Å². The van der Waals surface area contributed by atoms with Crippen molar-refractivity contribution < 1.29 is 10.2 Å². The van der Waals surface area contributed by atoms with E-state index in [0.717, 1.165) is 24.7 Å². The number of aliphatic hydroxyl groups is 2. The first kappa shape index (κ1) is 17.1. The number of hydrogen-bond donors (Lipinski definition) is 2. The molecule has 4 rings (SSSR count). The van der Waals surface area contributed by atoms with Crippen molar-refractivity contribution in [2.75, 3.05) is 6.61 Å². The van der Waals surface area contributed by atoms with Gasteiger partial charge in [-0.05, 0) is 91.8 Å². The van der Waals surface area contributed by atoms with E-state index in [1.807, 2.05) is 0 Å². The van der Waals surface area contributed by atoms with Gasteiger partial charge in [-0.3, -0.25) is 0 Å². The molecule has 0 radical (unpaired) electrons. The van der Waals surface area contributed by atoms with Crippen LogP contribution in [0.1, 0.15) is 72.1 Å². The van der Waals surface area contributed by atoms with Gasteiger partial charge < -0.3 is 10.2 Å². The molecular weight excluding hydrogens is 296 g/mol. The lowest BCUT2D eigenvalue weighted by atomic mass is 9.47. The minimum Gasteiger partial charge on any atom is -0.396 e. The van der Waals surface area contributed by atoms with E-state index in [9.17, 15) is 10.2 Å². The third-order valence-electron chi connectivity index (χ3n) is 9.10. The molecule has 4 aliphatic carbocycles. The Morgan fingerprint density at radius 2 is 1.79 bits per heavy atom. The Hall–Kier alpha value is -0.340. The Balaban J connectivity index is 1.64. The van der Waals surface area contributed by atoms with Crippen LogP contribution >= 0.6 is 0 Å². The van der Waals surface area contributed by atoms with Crippen LogP contribution in [0.2, 0.25) is 0 Å². The van der Waals surface area contributed by atoms with Crippen LogP contribution in [0.3, 0.4) is 0 Å². The molecule has 0 aromatic rings. The summed E-state index contributed by atoms with van der Waals surface area (Å²) in [5.74, 6) is 3.32. The first-order valence-electron chi connectivity index (χ1n) is 10.4. The van der Waals surface area contributed by atoms with Crippen LogP contribution in [-0.4, -0.2) is 22.9 Å². The van der Waals surface area contributed by atoms with Gasteiger partial charge in [-0.25, -0.2) is 0 Å². The highest BCUT2D eigenvalue weighted by Gasteiger charge is 2.58. The van der Waals surface area contributed by atoms with Crippen molar-refractivity contribution in [3.05, 3.63) is 11.6 Å². The molecule has 0 aromatic carbocycles. The Kier molecular flexibility index (Phi) is 4.16. The summed E-state index contributed by atoms with van der Waals surface area (Å²) in [6, 6.07) is 0. The van der Waals surface area contributed by atoms with Gasteiger partial charge in [0.1, 0.15) is 0 Å². The molecule has 24 heavy (non-hydrogen) atoms. The van der Waals surface area contributed by atoms with E-state index >= 15 is 0 Å². The van der Waals surface area contributed by atoms with Gasteiger partial charge in [-0.1, -0.05) is 32.4 Å². The highest BCUT2D eigenvalue weighted by atomic mass is 16.3. The molecule has 0 bridgehead atoms. The van der Waals surface area contributed by atoms with E-state index in [0.29, 0.717) is 35.2 Å². The van der Waals surface area contributed by atoms with Crippen molar-refractivity contribution in [3.8, 4) is 0 Å². The quantitative estimate of drug-likeness (QED) is 0.728. The number of hydrogen-bond acceptors (Lipinski definition) is 2. The summed E-state index contributed by atoms with van der Waals surface area (Å²) < 4.78 is 0. The number of fused-ring (bicyclic) bond motifs is 5. The smallest absolute Gasteiger partial charge is 0.0543 e. The van der Waals surface area contributed by atoms with Crippen molar-refractivity contribution in [3.63, 3.8) is 0 Å². The monoisotopic (exact) mass is 332 g/mol. The lowest BCUT2D eigenvalue weighted by Crippen LogP contribution is -2.50. The van der Waals surface area contributed by atoms with Crippen LogP contribution in [0.5, 0.6) is 0 Å². The van der Waals surface area contributed by atoms with Gasteiger partial charge >= 0.3 is 0 Å². The molecule has 3 saturated carbocycles. The zero-order chi connectivity index (χ0) is 17.1. The maximum atomic E-state index is 10.1. The fourth-order valence-corrected chi connectivity index (χ4v) is 7.59. The van der Waals surface area contributed by atoms with E-state index in [-0.39, 0.29) is 6.10 Å². The molecule has 136 valence electrons. The van der Waals surface area contributed by atoms with Crippen LogP contribution in [0, 0.1) is 40.4 Å². The van der Waals surface area contributed by atoms with Gasteiger partial charge in [0.2, 0.25) is 0 Å². The van der Waals surface area contributed by atoms with Crippen molar-refractivity contribution in [1.29, 1.82) is 0 Å². The van der Waals surface area contributed by atoms with Gasteiger partial charge in [0.05, 0.1) is 6.10 Å². The molecule has 4 unspecified atom stereocenters. The first-order chi connectivity index (χ1) is 11.4. The van der Waals surface area contributed by atoms with Gasteiger partial charge in [-0.15, -0.1) is 0 Å². The summed E-state index contributed by atoms with van der Waals surface area (Å²) in [6.07, 6.45) is 12.2. The summed E-state index contributed by atoms with van der Waals surface area (Å²) in [4.78, 5) is 0. The highest BCUT2D eigenvalue weighted by Crippen LogP contribution is 2.66. The Morgan fingerprint density at radius 3 is 2.54 bits per heavy atom. The standard InChI is InChI=1S/C22H36O2/c1-14(13-23)18-6-7-19-17-5-4-15-12-16(24)8-10-21(15,2)20(17)9-11-22(18,19)3/h5,14-16,18-20,23-24H,4,6-13H2,1-3H3/t14-,15?,16+,18?,19?,20?,21+,22-/m1/s1. The largest absolute Gasteiger partial charge is 0.396 e. The van der Waals surface area contributed by atoms with Crippen molar-refractivity contribution in [2.24, 2.45) is 40.4 Å². The first-order valence-corrected chi connectivity index (χ1v) is 10.4. The predicted octanol–water partition coefficient (Wildman–Crippen LogP) is 4.55. The molecular formula is C22H36O2. The second-order valence-corrected chi connectivity index (χ2v) is 10.1. The molecule has 0 heterocycles. The highest BCUT2D eigenvalue weighted by molar-refractivity contribution is 5.27. The lowest BCUT2D eigenvalue weighted by molar-refractivity contribution is -0.0439. The third kappa shape index (κ3) is 2.28. The fourth-order valence-electron chi connectivity index (χ4n) is 7.59. The molecule has 2 nitrogen and oxygen atoms in total. The minimum absolute atomic E-state index is 0.0619. The van der Waals surface area contributed by atoms with Gasteiger partial charge in [0.25, 0.3) is 0 Å². The maximum absolute atomic E-state index is 10.1. The van der Waals surface area contributed by atoms with E-state index < -0.39 is 0 Å². The van der Waals surface area contributed by atoms with E-state index in [1.165, 1.54) is 38.5 Å². The molecule has 0 saturated heterocycles. The number of rotatable bonds is 2. The van der Waals surface area contributed by atoms with Crippen molar-refractivity contribution in [1.82, 2.24) is 0 Å². The van der Waals surface area contributed by atoms with Crippen LogP contribution in [0.15, 0.2) is 11.6 Å². The van der Waals surface area contributed by atoms with Crippen LogP contribution in [0.25, 0.3) is 0 Å². The second-order valence-electron chi connectivity index (χ2n) is 10.1. The Morgan fingerprint density at radius 1 is 1.08 bits per heavy atom. The van der Waals surface area contributed by atoms with Gasteiger partial charge in [-0.2, -0.15) is 0 Å². The van der Waals surface area contributed by atoms with E-state index in [2.05, 4.69) is 26.8 Å². The van der Waals surface area contributed by atoms with E-state index in [4.69, 9.17) is 0 Å². The molecule has 0 aromatic heterocycles. The Bertz CT molecular complexity index is 526. The number of allylic oxidation sites excluding steroid dienone is 2. The zero-order valence-electron chi connectivity index (χ0n) is 15.8. The van der Waals surface area contributed by atoms with Crippen molar-refractivity contribution in [2.45, 2.75) is 78.2 Å². The molecule has 0 spiro atoms. The zero-order valence-corrected chi connectivity index (χ0v) is 15.8. The molecule has 8 atom stereocenters. The summed E-state index contributed by atoms with van der Waals surface area (Å²) in [5.41, 5.74) is 2.61. The molecule has 2 heteroatoms. The summed E-state index contributed by atoms with van der Waals surface area (Å²) >= 11 is 0. The molecule has 3 fully saturated rings. The Labute approximate surface area is 147 Å². The summed E-state index contributed by atoms with van der Waals surface area (Å²) in [5, 5.41) is 19.8. The second kappa shape index (κ2) is 5.84. The molecule has 0 amide bonds. The average molecular weight is 333 g/mol. The molecule has 2 N–H and O–H groups in total. The normalized spacial score (nSPS) is 52.0. The third-order valence-corrected chi connectivity index (χ3v) is 9.10. The number of aliphatic hydroxyl groups excluding tert-OH is 2. The van der Waals surface area contributed by atoms with Gasteiger partial charge in [0.15, 0.2) is 0 Å². The minimum atomic E-state index is -0.0619.